The average Bonchev–Trinajstić information content (AvgIpc) is 2.88. The smallest absolute Gasteiger partial charge is 0.444 e. The van der Waals surface area contributed by atoms with E-state index in [1.54, 1.807) is 18.2 Å². The van der Waals surface area contributed by atoms with Crippen molar-refractivity contribution in [3.8, 4) is 0 Å². The minimum Gasteiger partial charge on any atom is -0.444 e. The van der Waals surface area contributed by atoms with E-state index in [1.807, 2.05) is 48.5 Å². The highest BCUT2D eigenvalue weighted by Crippen LogP contribution is 2.36. The van der Waals surface area contributed by atoms with Gasteiger partial charge >= 0.3 is 13.2 Å². The van der Waals surface area contributed by atoms with Crippen molar-refractivity contribution in [1.82, 2.24) is 9.88 Å². The highest BCUT2D eigenvalue weighted by atomic mass is 16.7. The fraction of sp³-hybridized carbons (Fsp3) is 0.727. The number of nitrogens with zero attached hydrogens (tertiary/aromatic N) is 3. The molecule has 0 aliphatic carbocycles. The summed E-state index contributed by atoms with van der Waals surface area (Å²) in [7, 11) is 1.18. The topological polar surface area (TPSA) is 73.4 Å². The van der Waals surface area contributed by atoms with Crippen molar-refractivity contribution in [1.29, 1.82) is 0 Å². The molecule has 2 aliphatic heterocycles. The van der Waals surface area contributed by atoms with Crippen molar-refractivity contribution in [2.45, 2.75) is 71.9 Å². The van der Waals surface area contributed by atoms with E-state index in [2.05, 4.69) is 16.0 Å². The summed E-state index contributed by atoms with van der Waals surface area (Å²) < 4.78 is 23.3. The van der Waals surface area contributed by atoms with Gasteiger partial charge in [0.1, 0.15) is 5.60 Å². The first-order valence-electron chi connectivity index (χ1n) is 10.9. The van der Waals surface area contributed by atoms with Gasteiger partial charge in [-0.1, -0.05) is 0 Å². The maximum Gasteiger partial charge on any atom is 0.496 e. The number of piperazine rings is 1. The monoisotopic (exact) mass is 433 g/mol. The lowest BCUT2D eigenvalue weighted by Gasteiger charge is -2.37. The molecule has 8 nitrogen and oxygen atoms in total. The van der Waals surface area contributed by atoms with Crippen LogP contribution in [0.15, 0.2) is 12.3 Å². The summed E-state index contributed by atoms with van der Waals surface area (Å²) >= 11 is 0. The second-order valence-electron chi connectivity index (χ2n) is 10.2. The summed E-state index contributed by atoms with van der Waals surface area (Å²) in [6.45, 7) is 16.7. The number of anilines is 1. The van der Waals surface area contributed by atoms with Crippen molar-refractivity contribution in [2.75, 3.05) is 38.2 Å². The number of hydrogen-bond acceptors (Lipinski definition) is 7. The third-order valence-electron chi connectivity index (χ3n) is 6.05. The van der Waals surface area contributed by atoms with Crippen LogP contribution >= 0.6 is 0 Å². The van der Waals surface area contributed by atoms with Crippen molar-refractivity contribution < 1.29 is 23.6 Å². The van der Waals surface area contributed by atoms with Crippen LogP contribution in [-0.4, -0.2) is 73.2 Å². The first-order chi connectivity index (χ1) is 14.3. The number of carbonyl (C=O) groups is 1. The largest absolute Gasteiger partial charge is 0.496 e. The number of methoxy groups -OCH3 is 1. The highest BCUT2D eigenvalue weighted by molar-refractivity contribution is 6.62. The lowest BCUT2D eigenvalue weighted by molar-refractivity contribution is 0.00578. The van der Waals surface area contributed by atoms with E-state index in [9.17, 15) is 4.79 Å². The molecule has 1 aromatic heterocycles. The molecule has 9 heteroatoms. The third kappa shape index (κ3) is 5.33. The molecule has 2 aliphatic rings. The van der Waals surface area contributed by atoms with Crippen LogP contribution in [-0.2, 0) is 25.4 Å². The molecular weight excluding hydrogens is 397 g/mol. The van der Waals surface area contributed by atoms with Crippen LogP contribution in [0.4, 0.5) is 10.5 Å². The normalized spacial score (nSPS) is 20.8. The molecule has 1 amide bonds. The van der Waals surface area contributed by atoms with Gasteiger partial charge in [-0.25, -0.2) is 4.79 Å². The second-order valence-corrected chi connectivity index (χ2v) is 10.2. The number of amides is 1. The predicted molar refractivity (Wildman–Crippen MR) is 121 cm³/mol. The summed E-state index contributed by atoms with van der Waals surface area (Å²) in [4.78, 5) is 21.0. The van der Waals surface area contributed by atoms with E-state index in [1.165, 1.54) is 0 Å². The summed E-state index contributed by atoms with van der Waals surface area (Å²) in [6.07, 6.45) is 1.53. The molecule has 0 spiro atoms. The first-order valence-corrected chi connectivity index (χ1v) is 10.9. The van der Waals surface area contributed by atoms with Gasteiger partial charge in [0, 0.05) is 44.9 Å². The van der Waals surface area contributed by atoms with Crippen LogP contribution in [0.1, 0.15) is 54.2 Å². The lowest BCUT2D eigenvalue weighted by Crippen LogP contribution is -2.50. The maximum absolute atomic E-state index is 12.4. The Balaban J connectivity index is 1.76. The zero-order valence-electron chi connectivity index (χ0n) is 20.2. The number of rotatable bonds is 4. The van der Waals surface area contributed by atoms with Gasteiger partial charge in [-0.3, -0.25) is 4.98 Å². The predicted octanol–water partition coefficient (Wildman–Crippen LogP) is 2.58. The van der Waals surface area contributed by atoms with Crippen LogP contribution in [0.3, 0.4) is 0 Å². The van der Waals surface area contributed by atoms with E-state index in [0.29, 0.717) is 32.8 Å². The van der Waals surface area contributed by atoms with Crippen LogP contribution in [0.5, 0.6) is 0 Å². The summed E-state index contributed by atoms with van der Waals surface area (Å²) in [5.74, 6) is 0. The van der Waals surface area contributed by atoms with Crippen LogP contribution in [0, 0.1) is 0 Å². The number of hydrogen-bond donors (Lipinski definition) is 0. The molecule has 0 aromatic carbocycles. The van der Waals surface area contributed by atoms with Gasteiger partial charge < -0.3 is 28.6 Å². The van der Waals surface area contributed by atoms with Gasteiger partial charge in [-0.15, -0.1) is 0 Å². The minimum atomic E-state index is -0.499. The Hall–Kier alpha value is -1.84. The van der Waals surface area contributed by atoms with Gasteiger partial charge in [0.25, 0.3) is 0 Å². The highest BCUT2D eigenvalue weighted by Gasteiger charge is 2.52. The molecule has 3 heterocycles. The molecule has 0 bridgehead atoms. The lowest BCUT2D eigenvalue weighted by atomic mass is 9.80. The van der Waals surface area contributed by atoms with Crippen molar-refractivity contribution in [3.63, 3.8) is 0 Å². The molecule has 0 unspecified atom stereocenters. The molecule has 0 N–H and O–H groups in total. The molecule has 31 heavy (non-hydrogen) atoms. The van der Waals surface area contributed by atoms with Gasteiger partial charge in [-0.2, -0.15) is 0 Å². The van der Waals surface area contributed by atoms with E-state index in [0.717, 1.165) is 16.8 Å². The SMILES string of the molecule is COCc1ncc(B2OC(C)(C)C(C)(C)O2)cc1N1CCN(C(=O)OC(C)(C)C)CC1. The van der Waals surface area contributed by atoms with E-state index >= 15 is 0 Å². The zero-order chi connectivity index (χ0) is 23.0. The second kappa shape index (κ2) is 8.60. The fourth-order valence-corrected chi connectivity index (χ4v) is 3.58. The molecule has 3 rings (SSSR count). The number of carbonyl (C=O) groups excluding carboxylic acids is 1. The van der Waals surface area contributed by atoms with Gasteiger partial charge in [0.05, 0.1) is 29.2 Å². The Morgan fingerprint density at radius 3 is 2.23 bits per heavy atom. The van der Waals surface area contributed by atoms with Crippen molar-refractivity contribution in [2.24, 2.45) is 0 Å². The molecule has 0 atom stereocenters. The Kier molecular flexibility index (Phi) is 6.61. The number of aromatic nitrogens is 1. The zero-order valence-corrected chi connectivity index (χ0v) is 20.2. The average molecular weight is 433 g/mol. The van der Waals surface area contributed by atoms with Crippen LogP contribution in [0.25, 0.3) is 0 Å². The Bertz CT molecular complexity index is 785. The van der Waals surface area contributed by atoms with Gasteiger partial charge in [0.15, 0.2) is 0 Å². The van der Waals surface area contributed by atoms with E-state index < -0.39 is 23.9 Å². The Labute approximate surface area is 186 Å². The molecule has 2 fully saturated rings. The van der Waals surface area contributed by atoms with E-state index in [-0.39, 0.29) is 6.09 Å². The summed E-state index contributed by atoms with van der Waals surface area (Å²) in [6, 6.07) is 2.08. The fourth-order valence-electron chi connectivity index (χ4n) is 3.58. The molecule has 0 radical (unpaired) electrons. The quantitative estimate of drug-likeness (QED) is 0.676. The van der Waals surface area contributed by atoms with Gasteiger partial charge in [-0.05, 0) is 54.5 Å². The molecular formula is C22H36BN3O5. The summed E-state index contributed by atoms with van der Waals surface area (Å²) in [5, 5.41) is 0. The first kappa shape index (κ1) is 23.8. The Morgan fingerprint density at radius 1 is 1.13 bits per heavy atom. The van der Waals surface area contributed by atoms with Gasteiger partial charge in [0.2, 0.25) is 0 Å². The third-order valence-corrected chi connectivity index (χ3v) is 6.05. The molecule has 0 saturated carbocycles. The standard InChI is InChI=1S/C22H36BN3O5/c1-20(2,3)29-19(27)26-11-9-25(10-12-26)18-13-16(14-24-17(18)15-28-8)23-30-21(4,5)22(6,7)31-23/h13-14H,9-12,15H2,1-8H3. The maximum atomic E-state index is 12.4. The van der Waals surface area contributed by atoms with E-state index in [4.69, 9.17) is 18.8 Å². The molecule has 1 aromatic rings. The number of ether oxygens (including phenoxy) is 2. The van der Waals surface area contributed by atoms with Crippen molar-refractivity contribution >= 4 is 24.4 Å². The minimum absolute atomic E-state index is 0.270. The van der Waals surface area contributed by atoms with Crippen LogP contribution < -0.4 is 10.4 Å². The van der Waals surface area contributed by atoms with Crippen LogP contribution in [0.2, 0.25) is 0 Å². The Morgan fingerprint density at radius 2 is 1.71 bits per heavy atom. The summed E-state index contributed by atoms with van der Waals surface area (Å²) in [5.41, 5.74) is 1.39. The molecule has 2 saturated heterocycles. The van der Waals surface area contributed by atoms with Crippen molar-refractivity contribution in [3.05, 3.63) is 18.0 Å². The molecule has 172 valence electrons. The number of pyridine rings is 1.